The zero-order valence-electron chi connectivity index (χ0n) is 19.7. The third-order valence-corrected chi connectivity index (χ3v) is 6.05. The number of nitrogens with one attached hydrogen (secondary N) is 2. The molecule has 4 heterocycles. The number of aromatic amines is 2. The van der Waals surface area contributed by atoms with E-state index < -0.39 is 0 Å². The standard InChI is InChI=1S/C31H26N4/c1-5-20-16-28-24(7-3)25(8-4)29(34-28)18-22-12-11-13-23(33-22)19-31-27-15-10-9-14-26(27)30(35-31)17-21(6-2)32-20/h5-19,34-35H,1,3-4H2,2H3/b21-6-,28-16?,29-18?,30-17?,31-19?,32-20?. The zero-order valence-corrected chi connectivity index (χ0v) is 19.7. The molecule has 0 fully saturated rings. The maximum absolute atomic E-state index is 4.88. The van der Waals surface area contributed by atoms with Crippen LogP contribution in [0.25, 0.3) is 68.2 Å². The van der Waals surface area contributed by atoms with E-state index in [1.807, 2.05) is 67.6 Å². The van der Waals surface area contributed by atoms with Gasteiger partial charge >= 0.3 is 0 Å². The van der Waals surface area contributed by atoms with Crippen LogP contribution in [0.3, 0.4) is 0 Å². The Morgan fingerprint density at radius 3 is 1.80 bits per heavy atom. The van der Waals surface area contributed by atoms with Gasteiger partial charge in [-0.15, -0.1) is 0 Å². The molecule has 170 valence electrons. The van der Waals surface area contributed by atoms with Crippen LogP contribution in [0.4, 0.5) is 0 Å². The highest BCUT2D eigenvalue weighted by atomic mass is 14.7. The number of H-pyrrole nitrogens is 2. The summed E-state index contributed by atoms with van der Waals surface area (Å²) >= 11 is 0. The molecule has 1 aromatic carbocycles. The predicted molar refractivity (Wildman–Crippen MR) is 152 cm³/mol. The molecule has 0 unspecified atom stereocenters. The van der Waals surface area contributed by atoms with Gasteiger partial charge in [-0.1, -0.05) is 68.3 Å². The average Bonchev–Trinajstić information content (AvgIpc) is 3.39. The van der Waals surface area contributed by atoms with Crippen molar-refractivity contribution < 1.29 is 0 Å². The van der Waals surface area contributed by atoms with E-state index in [1.165, 1.54) is 0 Å². The van der Waals surface area contributed by atoms with Crippen molar-refractivity contribution in [2.45, 2.75) is 6.92 Å². The van der Waals surface area contributed by atoms with Gasteiger partial charge in [-0.05, 0) is 49.4 Å². The van der Waals surface area contributed by atoms with Crippen LogP contribution in [-0.4, -0.2) is 19.9 Å². The van der Waals surface area contributed by atoms with Gasteiger partial charge in [0.2, 0.25) is 0 Å². The summed E-state index contributed by atoms with van der Waals surface area (Å²) in [4.78, 5) is 16.8. The zero-order chi connectivity index (χ0) is 24.4. The summed E-state index contributed by atoms with van der Waals surface area (Å²) in [6, 6.07) is 22.5. The molecule has 0 radical (unpaired) electrons. The fourth-order valence-electron chi connectivity index (χ4n) is 4.38. The summed E-state index contributed by atoms with van der Waals surface area (Å²) in [7, 11) is 0. The second-order valence-electron chi connectivity index (χ2n) is 8.20. The molecule has 0 saturated carbocycles. The van der Waals surface area contributed by atoms with Crippen molar-refractivity contribution in [3.05, 3.63) is 109 Å². The summed E-state index contributed by atoms with van der Waals surface area (Å²) in [6.07, 6.45) is 7.41. The topological polar surface area (TPSA) is 57.4 Å². The molecule has 4 heteroatoms. The smallest absolute Gasteiger partial charge is 0.0657 e. The maximum atomic E-state index is 4.88. The maximum Gasteiger partial charge on any atom is 0.0657 e. The molecule has 0 amide bonds. The lowest BCUT2D eigenvalue weighted by Crippen LogP contribution is -2.03. The molecule has 4 aromatic heterocycles. The summed E-state index contributed by atoms with van der Waals surface area (Å²) in [5.41, 5.74) is 8.15. The Balaban J connectivity index is 2.05. The van der Waals surface area contributed by atoms with E-state index in [2.05, 4.69) is 54.0 Å². The van der Waals surface area contributed by atoms with Crippen LogP contribution in [0.5, 0.6) is 0 Å². The largest absolute Gasteiger partial charge is 0.354 e. The first-order valence-electron chi connectivity index (χ1n) is 11.5. The molecule has 4 nitrogen and oxygen atoms in total. The normalized spacial score (nSPS) is 11.5. The van der Waals surface area contributed by atoms with Gasteiger partial charge in [0.25, 0.3) is 0 Å². The summed E-state index contributed by atoms with van der Waals surface area (Å²) in [5.74, 6) is 0. The van der Waals surface area contributed by atoms with E-state index in [1.54, 1.807) is 6.08 Å². The Kier molecular flexibility index (Phi) is 5.86. The van der Waals surface area contributed by atoms with E-state index in [9.17, 15) is 0 Å². The highest BCUT2D eigenvalue weighted by Crippen LogP contribution is 2.25. The van der Waals surface area contributed by atoms with Crippen molar-refractivity contribution in [2.75, 3.05) is 0 Å². The number of benzene rings is 1. The summed E-state index contributed by atoms with van der Waals surface area (Å²) in [6.45, 7) is 14.0. The van der Waals surface area contributed by atoms with E-state index >= 15 is 0 Å². The van der Waals surface area contributed by atoms with Crippen molar-refractivity contribution >= 4 is 68.2 Å². The molecule has 0 aliphatic heterocycles. The Bertz CT molecular complexity index is 1820. The molecule has 2 N–H and O–H groups in total. The number of hydrogen-bond donors (Lipinski definition) is 2. The second-order valence-corrected chi connectivity index (χ2v) is 8.20. The van der Waals surface area contributed by atoms with E-state index in [4.69, 9.17) is 9.97 Å². The second kappa shape index (κ2) is 9.27. The number of hydrogen-bond acceptors (Lipinski definition) is 2. The Labute approximate surface area is 203 Å². The number of rotatable bonds is 3. The number of fused-ring (bicyclic) bond motifs is 9. The lowest BCUT2D eigenvalue weighted by atomic mass is 10.1. The molecular formula is C31H26N4. The van der Waals surface area contributed by atoms with E-state index in [0.717, 1.165) is 66.0 Å². The SMILES string of the molecule is C=Cc1cc2[nH]c(cc3cccc(cc4[nH]c(c/c(=C/C)n1)c1ccccc41)n3)c(C=C)c2C=C. The molecule has 5 aromatic rings. The molecule has 5 rings (SSSR count). The third-order valence-electron chi connectivity index (χ3n) is 6.05. The van der Waals surface area contributed by atoms with Crippen LogP contribution in [0.15, 0.2) is 86.5 Å². The third kappa shape index (κ3) is 4.18. The fraction of sp³-hybridized carbons (Fsp3) is 0.0323. The lowest BCUT2D eigenvalue weighted by molar-refractivity contribution is 1.25. The predicted octanol–water partition coefficient (Wildman–Crippen LogP) is 7.44. The van der Waals surface area contributed by atoms with Gasteiger partial charge in [-0.3, -0.25) is 0 Å². The highest BCUT2D eigenvalue weighted by Gasteiger charge is 2.06. The molecule has 0 aliphatic carbocycles. The van der Waals surface area contributed by atoms with Crippen LogP contribution >= 0.6 is 0 Å². The Morgan fingerprint density at radius 2 is 1.20 bits per heavy atom. The minimum Gasteiger partial charge on any atom is -0.354 e. The first kappa shape index (κ1) is 22.1. The minimum atomic E-state index is 0.732. The molecule has 0 saturated heterocycles. The molecule has 6 bridgehead atoms. The van der Waals surface area contributed by atoms with Gasteiger partial charge in [0.1, 0.15) is 0 Å². The van der Waals surface area contributed by atoms with Gasteiger partial charge in [0.05, 0.1) is 22.1 Å². The molecule has 0 spiro atoms. The average molecular weight is 455 g/mol. The number of nitrogens with zero attached hydrogens (tertiary/aromatic N) is 2. The van der Waals surface area contributed by atoms with E-state index in [0.29, 0.717) is 0 Å². The van der Waals surface area contributed by atoms with Gasteiger partial charge in [0.15, 0.2) is 0 Å². The van der Waals surface area contributed by atoms with Crippen LogP contribution in [0, 0.1) is 0 Å². The van der Waals surface area contributed by atoms with Crippen LogP contribution in [0.2, 0.25) is 0 Å². The van der Waals surface area contributed by atoms with Gasteiger partial charge < -0.3 is 9.97 Å². The quantitative estimate of drug-likeness (QED) is 0.298. The molecule has 35 heavy (non-hydrogen) atoms. The molecule has 0 atom stereocenters. The van der Waals surface area contributed by atoms with Crippen molar-refractivity contribution in [3.63, 3.8) is 0 Å². The van der Waals surface area contributed by atoms with Gasteiger partial charge in [-0.2, -0.15) is 0 Å². The van der Waals surface area contributed by atoms with Crippen molar-refractivity contribution in [1.82, 2.24) is 19.9 Å². The van der Waals surface area contributed by atoms with Gasteiger partial charge in [-0.25, -0.2) is 9.97 Å². The first-order valence-corrected chi connectivity index (χ1v) is 11.5. The molecular weight excluding hydrogens is 428 g/mol. The first-order chi connectivity index (χ1) is 17.1. The number of aromatic nitrogens is 4. The fourth-order valence-corrected chi connectivity index (χ4v) is 4.38. The van der Waals surface area contributed by atoms with E-state index in [-0.39, 0.29) is 0 Å². The highest BCUT2D eigenvalue weighted by molar-refractivity contribution is 6.07. The summed E-state index contributed by atoms with van der Waals surface area (Å²) in [5, 5.41) is 3.08. The van der Waals surface area contributed by atoms with Crippen molar-refractivity contribution in [1.29, 1.82) is 0 Å². The monoisotopic (exact) mass is 454 g/mol. The number of pyridine rings is 1. The molecule has 0 aliphatic rings. The Morgan fingerprint density at radius 1 is 0.629 bits per heavy atom. The van der Waals surface area contributed by atoms with Gasteiger partial charge in [0, 0.05) is 44.0 Å². The van der Waals surface area contributed by atoms with Crippen LogP contribution < -0.4 is 5.35 Å². The van der Waals surface area contributed by atoms with Crippen molar-refractivity contribution in [3.8, 4) is 0 Å². The lowest BCUT2D eigenvalue weighted by Gasteiger charge is -1.93. The Hall–Kier alpha value is -4.70. The van der Waals surface area contributed by atoms with Crippen molar-refractivity contribution in [2.24, 2.45) is 0 Å². The van der Waals surface area contributed by atoms with Crippen LogP contribution in [-0.2, 0) is 0 Å². The summed E-state index contributed by atoms with van der Waals surface area (Å²) < 4.78 is 0. The minimum absolute atomic E-state index is 0.732. The van der Waals surface area contributed by atoms with Crippen LogP contribution in [0.1, 0.15) is 23.7 Å².